The number of methoxy groups -OCH3 is 1. The first-order valence-corrected chi connectivity index (χ1v) is 7.92. The molecule has 2 N–H and O–H groups in total. The predicted molar refractivity (Wildman–Crippen MR) is 92.6 cm³/mol. The second kappa shape index (κ2) is 9.02. The summed E-state index contributed by atoms with van der Waals surface area (Å²) in [7, 11) is 3.10. The summed E-state index contributed by atoms with van der Waals surface area (Å²) in [6.07, 6.45) is 0. The lowest BCUT2D eigenvalue weighted by Crippen LogP contribution is -2.36. The number of ether oxygens (including phenoxy) is 2. The highest BCUT2D eigenvalue weighted by molar-refractivity contribution is 5.79. The third-order valence-corrected chi connectivity index (χ3v) is 3.63. The minimum absolute atomic E-state index is 0.0719. The summed E-state index contributed by atoms with van der Waals surface area (Å²) < 4.78 is 40.3. The van der Waals surface area contributed by atoms with Crippen LogP contribution in [0.2, 0.25) is 0 Å². The van der Waals surface area contributed by atoms with E-state index in [1.807, 2.05) is 13.8 Å². The van der Waals surface area contributed by atoms with E-state index in [2.05, 4.69) is 25.3 Å². The predicted octanol–water partition coefficient (Wildman–Crippen LogP) is 2.77. The number of rotatable bonds is 7. The van der Waals surface area contributed by atoms with Gasteiger partial charge in [0.1, 0.15) is 17.3 Å². The van der Waals surface area contributed by atoms with Gasteiger partial charge in [-0.2, -0.15) is 8.78 Å². The molecule has 0 aliphatic heterocycles. The monoisotopic (exact) mass is 368 g/mol. The van der Waals surface area contributed by atoms with Crippen LogP contribution in [-0.4, -0.2) is 31.7 Å². The molecule has 9 heteroatoms. The lowest BCUT2D eigenvalue weighted by Gasteiger charge is -2.15. The van der Waals surface area contributed by atoms with E-state index in [1.54, 1.807) is 19.2 Å². The third kappa shape index (κ3) is 5.33. The fourth-order valence-corrected chi connectivity index (χ4v) is 2.21. The zero-order chi connectivity index (χ0) is 19.1. The van der Waals surface area contributed by atoms with Crippen molar-refractivity contribution in [2.24, 2.45) is 4.99 Å². The van der Waals surface area contributed by atoms with Crippen LogP contribution in [0, 0.1) is 13.8 Å². The molecule has 0 saturated heterocycles. The maximum absolute atomic E-state index is 12.6. The van der Waals surface area contributed by atoms with Crippen LogP contribution in [0.3, 0.4) is 0 Å². The van der Waals surface area contributed by atoms with E-state index in [0.717, 1.165) is 11.5 Å². The van der Waals surface area contributed by atoms with Crippen molar-refractivity contribution < 1.29 is 22.7 Å². The molecule has 1 heterocycles. The minimum atomic E-state index is -2.91. The molecule has 142 valence electrons. The van der Waals surface area contributed by atoms with Crippen LogP contribution in [0.25, 0.3) is 0 Å². The van der Waals surface area contributed by atoms with Gasteiger partial charge < -0.3 is 24.5 Å². The van der Waals surface area contributed by atoms with Crippen molar-refractivity contribution in [2.75, 3.05) is 14.2 Å². The first kappa shape index (κ1) is 19.5. The molecule has 0 aliphatic carbocycles. The van der Waals surface area contributed by atoms with Gasteiger partial charge in [-0.05, 0) is 32.0 Å². The number of hydrogen-bond acceptors (Lipinski definition) is 5. The van der Waals surface area contributed by atoms with E-state index in [4.69, 9.17) is 9.15 Å². The van der Waals surface area contributed by atoms with Crippen molar-refractivity contribution in [1.82, 2.24) is 15.6 Å². The van der Waals surface area contributed by atoms with Crippen LogP contribution < -0.4 is 20.1 Å². The van der Waals surface area contributed by atoms with Gasteiger partial charge in [-0.3, -0.25) is 4.99 Å². The number of hydrogen-bond donors (Lipinski definition) is 2. The molecular formula is C17H22F2N4O3. The summed E-state index contributed by atoms with van der Waals surface area (Å²) in [5, 5.41) is 6.08. The Balaban J connectivity index is 2.00. The molecule has 1 aromatic heterocycles. The average Bonchev–Trinajstić information content (AvgIpc) is 2.93. The van der Waals surface area contributed by atoms with Crippen molar-refractivity contribution in [3.05, 3.63) is 41.1 Å². The van der Waals surface area contributed by atoms with Crippen molar-refractivity contribution >= 4 is 5.96 Å². The number of oxazole rings is 1. The van der Waals surface area contributed by atoms with E-state index >= 15 is 0 Å². The smallest absolute Gasteiger partial charge is 0.387 e. The number of aliphatic imine (C=N–C) groups is 1. The number of nitrogens with one attached hydrogen (secondary N) is 2. The zero-order valence-electron chi connectivity index (χ0n) is 15.1. The fraction of sp³-hybridized carbons (Fsp3) is 0.412. The lowest BCUT2D eigenvalue weighted by molar-refractivity contribution is -0.0505. The summed E-state index contributed by atoms with van der Waals surface area (Å²) in [6, 6.07) is 4.62. The number of halogens is 2. The van der Waals surface area contributed by atoms with Gasteiger partial charge >= 0.3 is 6.61 Å². The molecule has 7 nitrogen and oxygen atoms in total. The number of aryl methyl sites for hydroxylation is 2. The molecule has 0 amide bonds. The largest absolute Gasteiger partial charge is 0.497 e. The number of guanidine groups is 1. The quantitative estimate of drug-likeness (QED) is 0.578. The highest BCUT2D eigenvalue weighted by Crippen LogP contribution is 2.25. The van der Waals surface area contributed by atoms with Gasteiger partial charge in [0.2, 0.25) is 5.89 Å². The Morgan fingerprint density at radius 2 is 2.00 bits per heavy atom. The standard InChI is InChI=1S/C17H22F2N4O3/c1-10-11(2)25-15(23-10)9-22-17(20-3)21-8-12-7-13(24-4)5-6-14(12)26-16(18)19/h5-7,16H,8-9H2,1-4H3,(H2,20,21,22). The topological polar surface area (TPSA) is 80.9 Å². The fourth-order valence-electron chi connectivity index (χ4n) is 2.21. The SMILES string of the molecule is CN=C(NCc1nc(C)c(C)o1)NCc1cc(OC)ccc1OC(F)F. The maximum atomic E-state index is 12.6. The Morgan fingerprint density at radius 3 is 2.58 bits per heavy atom. The normalized spacial score (nSPS) is 11.6. The Morgan fingerprint density at radius 1 is 1.27 bits per heavy atom. The Kier molecular flexibility index (Phi) is 6.76. The molecule has 0 unspecified atom stereocenters. The molecular weight excluding hydrogens is 346 g/mol. The second-order valence-electron chi connectivity index (χ2n) is 5.38. The molecule has 0 atom stereocenters. The zero-order valence-corrected chi connectivity index (χ0v) is 15.1. The molecule has 26 heavy (non-hydrogen) atoms. The van der Waals surface area contributed by atoms with E-state index < -0.39 is 6.61 Å². The van der Waals surface area contributed by atoms with Gasteiger partial charge in [0.15, 0.2) is 5.96 Å². The molecule has 0 bridgehead atoms. The van der Waals surface area contributed by atoms with Crippen molar-refractivity contribution in [3.63, 3.8) is 0 Å². The summed E-state index contributed by atoms with van der Waals surface area (Å²) in [5.41, 5.74) is 1.34. The molecule has 0 aliphatic rings. The summed E-state index contributed by atoms with van der Waals surface area (Å²) in [6.45, 7) is 1.35. The molecule has 2 aromatic rings. The number of alkyl halides is 2. The average molecular weight is 368 g/mol. The summed E-state index contributed by atoms with van der Waals surface area (Å²) in [5.74, 6) is 2.37. The number of nitrogens with zero attached hydrogens (tertiary/aromatic N) is 2. The number of aromatic nitrogens is 1. The van der Waals surface area contributed by atoms with Crippen LogP contribution >= 0.6 is 0 Å². The molecule has 0 saturated carbocycles. The summed E-state index contributed by atoms with van der Waals surface area (Å²) >= 11 is 0. The highest BCUT2D eigenvalue weighted by atomic mass is 19.3. The van der Waals surface area contributed by atoms with Crippen LogP contribution in [0.4, 0.5) is 8.78 Å². The summed E-state index contributed by atoms with van der Waals surface area (Å²) in [4.78, 5) is 8.36. The Labute approximate surface area is 150 Å². The van der Waals surface area contributed by atoms with Crippen LogP contribution in [-0.2, 0) is 13.1 Å². The Hall–Kier alpha value is -2.84. The molecule has 0 spiro atoms. The maximum Gasteiger partial charge on any atom is 0.387 e. The number of benzene rings is 1. The lowest BCUT2D eigenvalue weighted by atomic mass is 10.2. The van der Waals surface area contributed by atoms with Crippen molar-refractivity contribution in [2.45, 2.75) is 33.5 Å². The van der Waals surface area contributed by atoms with Gasteiger partial charge in [0, 0.05) is 19.2 Å². The first-order valence-electron chi connectivity index (χ1n) is 7.92. The van der Waals surface area contributed by atoms with Gasteiger partial charge in [0.25, 0.3) is 0 Å². The molecule has 1 aromatic carbocycles. The van der Waals surface area contributed by atoms with Crippen LogP contribution in [0.15, 0.2) is 27.6 Å². The molecule has 0 radical (unpaired) electrons. The van der Waals surface area contributed by atoms with Crippen molar-refractivity contribution in [3.8, 4) is 11.5 Å². The van der Waals surface area contributed by atoms with Crippen LogP contribution in [0.1, 0.15) is 22.9 Å². The van der Waals surface area contributed by atoms with Crippen LogP contribution in [0.5, 0.6) is 11.5 Å². The molecule has 2 rings (SSSR count). The first-order chi connectivity index (χ1) is 12.4. The second-order valence-corrected chi connectivity index (χ2v) is 5.38. The van der Waals surface area contributed by atoms with Gasteiger partial charge in [-0.25, -0.2) is 4.98 Å². The van der Waals surface area contributed by atoms with E-state index in [0.29, 0.717) is 29.7 Å². The Bertz CT molecular complexity index is 743. The van der Waals surface area contributed by atoms with E-state index in [1.165, 1.54) is 13.2 Å². The van der Waals surface area contributed by atoms with Gasteiger partial charge in [-0.1, -0.05) is 0 Å². The third-order valence-electron chi connectivity index (χ3n) is 3.63. The van der Waals surface area contributed by atoms with Gasteiger partial charge in [-0.15, -0.1) is 0 Å². The van der Waals surface area contributed by atoms with Gasteiger partial charge in [0.05, 0.1) is 19.3 Å². The highest BCUT2D eigenvalue weighted by Gasteiger charge is 2.12. The minimum Gasteiger partial charge on any atom is -0.497 e. The van der Waals surface area contributed by atoms with E-state index in [-0.39, 0.29) is 12.3 Å². The van der Waals surface area contributed by atoms with E-state index in [9.17, 15) is 8.78 Å². The molecule has 0 fully saturated rings. The van der Waals surface area contributed by atoms with Crippen molar-refractivity contribution in [1.29, 1.82) is 0 Å².